The number of hydrogen-bond acceptors (Lipinski definition) is 4. The molecule has 0 atom stereocenters. The highest BCUT2D eigenvalue weighted by Crippen LogP contribution is 2.27. The second-order valence-corrected chi connectivity index (χ2v) is 7.32. The normalized spacial score (nSPS) is 12.0. The van der Waals surface area contributed by atoms with Gasteiger partial charge in [-0.15, -0.1) is 0 Å². The van der Waals surface area contributed by atoms with Gasteiger partial charge in [0.25, 0.3) is 0 Å². The summed E-state index contributed by atoms with van der Waals surface area (Å²) in [6.07, 6.45) is 1.74. The molecule has 0 saturated carbocycles. The fraction of sp³-hybridized carbons (Fsp3) is 0.125. The molecule has 3 aromatic carbocycles. The van der Waals surface area contributed by atoms with Gasteiger partial charge in [0.1, 0.15) is 16.5 Å². The third kappa shape index (κ3) is 5.76. The van der Waals surface area contributed by atoms with Crippen molar-refractivity contribution in [2.24, 2.45) is 4.99 Å². The van der Waals surface area contributed by atoms with Crippen molar-refractivity contribution in [3.63, 3.8) is 0 Å². The van der Waals surface area contributed by atoms with Crippen LogP contribution in [-0.4, -0.2) is 12.2 Å². The smallest absolute Gasteiger partial charge is 0.126 e. The number of aryl methyl sites for hydroxylation is 1. The lowest BCUT2D eigenvalue weighted by molar-refractivity contribution is 0.412. The van der Waals surface area contributed by atoms with Gasteiger partial charge in [0, 0.05) is 10.5 Å². The molecule has 0 fully saturated rings. The first-order valence-corrected chi connectivity index (χ1v) is 9.82. The van der Waals surface area contributed by atoms with Crippen LogP contribution in [0.5, 0.6) is 11.5 Å². The Morgan fingerprint density at radius 1 is 0.857 bits per heavy atom. The van der Waals surface area contributed by atoms with Crippen molar-refractivity contribution >= 4 is 22.5 Å². The Morgan fingerprint density at radius 2 is 1.50 bits per heavy atom. The van der Waals surface area contributed by atoms with Crippen molar-refractivity contribution in [1.29, 1.82) is 0 Å². The summed E-state index contributed by atoms with van der Waals surface area (Å²) in [5.74, 6) is 1.55. The van der Waals surface area contributed by atoms with E-state index in [0.717, 1.165) is 32.7 Å². The molecule has 3 nitrogen and oxygen atoms in total. The molecule has 28 heavy (non-hydrogen) atoms. The van der Waals surface area contributed by atoms with E-state index in [1.54, 1.807) is 25.1 Å². The molecule has 3 aromatic rings. The first-order valence-electron chi connectivity index (χ1n) is 9.00. The molecule has 3 rings (SSSR count). The Morgan fingerprint density at radius 3 is 2.14 bits per heavy atom. The van der Waals surface area contributed by atoms with Crippen molar-refractivity contribution < 1.29 is 9.47 Å². The van der Waals surface area contributed by atoms with E-state index in [9.17, 15) is 0 Å². The van der Waals surface area contributed by atoms with Crippen molar-refractivity contribution in [3.8, 4) is 11.5 Å². The molecule has 0 amide bonds. The van der Waals surface area contributed by atoms with Gasteiger partial charge < -0.3 is 9.47 Å². The largest absolute Gasteiger partial charge is 0.497 e. The first-order chi connectivity index (χ1) is 13.6. The lowest BCUT2D eigenvalue weighted by Crippen LogP contribution is -1.97. The maximum absolute atomic E-state index is 5.83. The molecule has 0 aliphatic heterocycles. The summed E-state index contributed by atoms with van der Waals surface area (Å²) in [5, 5.41) is 0.892. The van der Waals surface area contributed by atoms with E-state index >= 15 is 0 Å². The molecule has 0 saturated heterocycles. The standard InChI is InChI=1S/C24H23NO2S/c1-18-9-11-20(12-10-18)25-24(28-23-7-5-4-6-8-23)19(2)17-27-22-15-13-21(26-3)14-16-22/h4-17H,1-3H3/b19-17+,25-24-. The summed E-state index contributed by atoms with van der Waals surface area (Å²) in [5.41, 5.74) is 3.08. The molecule has 0 spiro atoms. The van der Waals surface area contributed by atoms with Crippen LogP contribution in [0.3, 0.4) is 0 Å². The second-order valence-electron chi connectivity index (χ2n) is 6.26. The van der Waals surface area contributed by atoms with E-state index < -0.39 is 0 Å². The SMILES string of the molecule is COc1ccc(O/C=C(C)/C(=N/c2ccc(C)cc2)Sc2ccccc2)cc1. The van der Waals surface area contributed by atoms with Gasteiger partial charge in [0.05, 0.1) is 19.1 Å². The van der Waals surface area contributed by atoms with Gasteiger partial charge in [-0.25, -0.2) is 4.99 Å². The van der Waals surface area contributed by atoms with Crippen molar-refractivity contribution in [3.05, 3.63) is 96.3 Å². The molecule has 142 valence electrons. The van der Waals surface area contributed by atoms with Crippen molar-refractivity contribution in [1.82, 2.24) is 0 Å². The zero-order valence-electron chi connectivity index (χ0n) is 16.3. The van der Waals surface area contributed by atoms with Crippen molar-refractivity contribution in [2.75, 3.05) is 7.11 Å². The fourth-order valence-corrected chi connectivity index (χ4v) is 3.27. The Labute approximate surface area is 170 Å². The van der Waals surface area contributed by atoms with E-state index in [-0.39, 0.29) is 0 Å². The van der Waals surface area contributed by atoms with Gasteiger partial charge in [-0.2, -0.15) is 0 Å². The lowest BCUT2D eigenvalue weighted by atomic mass is 10.2. The molecule has 0 unspecified atom stereocenters. The van der Waals surface area contributed by atoms with Crippen LogP contribution in [0.4, 0.5) is 5.69 Å². The molecule has 0 aliphatic rings. The van der Waals surface area contributed by atoms with Crippen LogP contribution in [-0.2, 0) is 0 Å². The fourth-order valence-electron chi connectivity index (χ4n) is 2.39. The highest BCUT2D eigenvalue weighted by atomic mass is 32.2. The predicted molar refractivity (Wildman–Crippen MR) is 118 cm³/mol. The monoisotopic (exact) mass is 389 g/mol. The Balaban J connectivity index is 1.84. The van der Waals surface area contributed by atoms with Crippen molar-refractivity contribution in [2.45, 2.75) is 18.7 Å². The van der Waals surface area contributed by atoms with Gasteiger partial charge >= 0.3 is 0 Å². The minimum atomic E-state index is 0.750. The second kappa shape index (κ2) is 9.81. The third-order valence-electron chi connectivity index (χ3n) is 3.99. The summed E-state index contributed by atoms with van der Waals surface area (Å²) in [6, 6.07) is 25.9. The molecule has 4 heteroatoms. The molecule has 0 radical (unpaired) electrons. The zero-order chi connectivity index (χ0) is 19.8. The number of rotatable bonds is 6. The van der Waals surface area contributed by atoms with Crippen LogP contribution in [0.1, 0.15) is 12.5 Å². The number of methoxy groups -OCH3 is 1. The predicted octanol–water partition coefficient (Wildman–Crippen LogP) is 6.81. The highest BCUT2D eigenvalue weighted by Gasteiger charge is 2.07. The molecule has 0 heterocycles. The molecular weight excluding hydrogens is 366 g/mol. The van der Waals surface area contributed by atoms with Crippen LogP contribution in [0.15, 0.2) is 101 Å². The summed E-state index contributed by atoms with van der Waals surface area (Å²) < 4.78 is 11.0. The molecule has 0 aromatic heterocycles. The van der Waals surface area contributed by atoms with Gasteiger partial charge in [0.15, 0.2) is 0 Å². The molecule has 0 N–H and O–H groups in total. The zero-order valence-corrected chi connectivity index (χ0v) is 17.1. The van der Waals surface area contributed by atoms with Crippen LogP contribution < -0.4 is 9.47 Å². The van der Waals surface area contributed by atoms with E-state index in [2.05, 4.69) is 31.2 Å². The maximum Gasteiger partial charge on any atom is 0.126 e. The summed E-state index contributed by atoms with van der Waals surface area (Å²) >= 11 is 1.62. The first kappa shape index (κ1) is 19.8. The van der Waals surface area contributed by atoms with Gasteiger partial charge in [-0.3, -0.25) is 0 Å². The number of ether oxygens (including phenoxy) is 2. The Kier molecular flexibility index (Phi) is 6.93. The van der Waals surface area contributed by atoms with E-state index in [0.29, 0.717) is 0 Å². The topological polar surface area (TPSA) is 30.8 Å². The van der Waals surface area contributed by atoms with Crippen LogP contribution >= 0.6 is 11.8 Å². The molecule has 0 bridgehead atoms. The Hall–Kier alpha value is -2.98. The average molecular weight is 390 g/mol. The third-order valence-corrected chi connectivity index (χ3v) is 5.11. The van der Waals surface area contributed by atoms with E-state index in [4.69, 9.17) is 14.5 Å². The van der Waals surface area contributed by atoms with E-state index in [1.807, 2.05) is 61.5 Å². The molecular formula is C24H23NO2S. The van der Waals surface area contributed by atoms with Crippen LogP contribution in [0, 0.1) is 6.92 Å². The minimum Gasteiger partial charge on any atom is -0.497 e. The number of nitrogens with zero attached hydrogens (tertiary/aromatic N) is 1. The van der Waals surface area contributed by atoms with E-state index in [1.165, 1.54) is 5.56 Å². The minimum absolute atomic E-state index is 0.750. The highest BCUT2D eigenvalue weighted by molar-refractivity contribution is 8.14. The number of thioether (sulfide) groups is 1. The van der Waals surface area contributed by atoms with Gasteiger partial charge in [0.2, 0.25) is 0 Å². The summed E-state index contributed by atoms with van der Waals surface area (Å²) in [7, 11) is 1.65. The maximum atomic E-state index is 5.83. The average Bonchev–Trinajstić information content (AvgIpc) is 2.74. The van der Waals surface area contributed by atoms with Gasteiger partial charge in [-0.1, -0.05) is 47.7 Å². The van der Waals surface area contributed by atoms with Crippen LogP contribution in [0.25, 0.3) is 0 Å². The van der Waals surface area contributed by atoms with Gasteiger partial charge in [-0.05, 0) is 62.4 Å². The summed E-state index contributed by atoms with van der Waals surface area (Å²) in [6.45, 7) is 4.08. The quantitative estimate of drug-likeness (QED) is 0.201. The number of benzene rings is 3. The van der Waals surface area contributed by atoms with Crippen LogP contribution in [0.2, 0.25) is 0 Å². The Bertz CT molecular complexity index is 946. The number of aliphatic imine (C=N–C) groups is 1. The number of hydrogen-bond donors (Lipinski definition) is 0. The summed E-state index contributed by atoms with van der Waals surface area (Å²) in [4.78, 5) is 5.98. The molecule has 0 aliphatic carbocycles. The lowest BCUT2D eigenvalue weighted by Gasteiger charge is -2.09.